The van der Waals surface area contributed by atoms with E-state index in [9.17, 15) is 102 Å². The number of carbonyl (C=O) groups excluding carboxylic acids is 14. The molecule has 19 N–H and O–H groups in total. The van der Waals surface area contributed by atoms with Crippen LogP contribution in [0.3, 0.4) is 0 Å². The third-order valence-electron chi connectivity index (χ3n) is 14.0. The fourth-order valence-electron chi connectivity index (χ4n) is 9.13. The van der Waals surface area contributed by atoms with Gasteiger partial charge in [-0.05, 0) is 68.1 Å². The molecule has 2 rings (SSSR count). The van der Waals surface area contributed by atoms with E-state index in [0.29, 0.717) is 5.56 Å². The predicted octanol–water partition coefficient (Wildman–Crippen LogP) is -5.95. The minimum Gasteiger partial charge on any atom is -0.508 e. The third kappa shape index (κ3) is 26.8. The second kappa shape index (κ2) is 37.9. The Bertz CT molecular complexity index is 2850. The van der Waals surface area contributed by atoms with Crippen LogP contribution >= 0.6 is 0 Å². The first-order valence-corrected chi connectivity index (χ1v) is 29.0. The van der Waals surface area contributed by atoms with E-state index in [-0.39, 0.29) is 50.8 Å². The van der Waals surface area contributed by atoms with E-state index < -0.39 is 224 Å². The van der Waals surface area contributed by atoms with Gasteiger partial charge >= 0.3 is 17.9 Å². The molecular weight excluding hydrogens is 1210 g/mol. The van der Waals surface area contributed by atoms with Gasteiger partial charge in [0.2, 0.25) is 76.7 Å². The molecule has 1 saturated heterocycles. The molecule has 0 aliphatic carbocycles. The van der Waals surface area contributed by atoms with Crippen molar-refractivity contribution in [3.05, 3.63) is 29.8 Å². The number of aliphatic hydroxyl groups is 1. The first kappa shape index (κ1) is 77.3. The highest BCUT2D eigenvalue weighted by Crippen LogP contribution is 2.22. The van der Waals surface area contributed by atoms with Gasteiger partial charge in [0.25, 0.3) is 5.91 Å². The van der Waals surface area contributed by atoms with Crippen molar-refractivity contribution < 1.29 is 107 Å². The van der Waals surface area contributed by atoms with Crippen LogP contribution in [0.15, 0.2) is 24.3 Å². The lowest BCUT2D eigenvalue weighted by Crippen LogP contribution is -2.61. The Hall–Kier alpha value is -9.83. The molecule has 1 fully saturated rings. The van der Waals surface area contributed by atoms with E-state index in [2.05, 4.69) is 53.2 Å². The molecule has 0 bridgehead atoms. The highest BCUT2D eigenvalue weighted by Gasteiger charge is 2.42. The Labute approximate surface area is 521 Å². The smallest absolute Gasteiger partial charge is 0.305 e. The van der Waals surface area contributed by atoms with Crippen molar-refractivity contribution >= 4 is 100 Å². The number of primary amides is 2. The largest absolute Gasteiger partial charge is 0.508 e. The zero-order valence-electron chi connectivity index (χ0n) is 51.1. The van der Waals surface area contributed by atoms with Crippen LogP contribution in [0.4, 0.5) is 0 Å². The SMILES string of the molecule is CCC[C@H](NC(=O)[C@@H]1CCCN1C(=O)[C@@H](NC(=O)[C@@H](NC(=O)[C@H](CCC(=O)O)NC(=O)[C@H](CCC(=O)O)NC(C)=O)C(C)C)C(C)C)C(=O)C(=O)NCC(=O)N[C@@H](CCC(N)=O)C(=O)N[C@H](CC(=O)O)C(=O)NC(Cc1ccc(O)cc1)C(=O)N[C@@H](CO)C(N)=O. The molecule has 35 heteroatoms. The number of nitrogens with one attached hydrogen (secondary N) is 10. The maximum Gasteiger partial charge on any atom is 0.305 e. The molecule has 1 unspecified atom stereocenters. The number of aromatic hydroxyl groups is 1. The van der Waals surface area contributed by atoms with Crippen LogP contribution in [0.2, 0.25) is 0 Å². The van der Waals surface area contributed by atoms with Crippen LogP contribution in [0.25, 0.3) is 0 Å². The van der Waals surface area contributed by atoms with Crippen molar-refractivity contribution in [1.29, 1.82) is 0 Å². The van der Waals surface area contributed by atoms with Crippen molar-refractivity contribution in [2.24, 2.45) is 23.3 Å². The van der Waals surface area contributed by atoms with Gasteiger partial charge in [-0.1, -0.05) is 53.2 Å². The molecule has 0 saturated carbocycles. The zero-order valence-corrected chi connectivity index (χ0v) is 51.1. The fraction of sp³-hybridized carbons (Fsp3) is 0.589. The molecule has 1 aromatic rings. The third-order valence-corrected chi connectivity index (χ3v) is 14.0. The average molecular weight is 1290 g/mol. The molecule has 1 aliphatic heterocycles. The minimum atomic E-state index is -2.01. The van der Waals surface area contributed by atoms with Gasteiger partial charge in [0.1, 0.15) is 60.1 Å². The first-order chi connectivity index (χ1) is 42.6. The Morgan fingerprint density at radius 2 is 1.04 bits per heavy atom. The number of aliphatic carboxylic acids is 3. The number of aliphatic hydroxyl groups excluding tert-OH is 1. The highest BCUT2D eigenvalue weighted by molar-refractivity contribution is 6.38. The highest BCUT2D eigenvalue weighted by atomic mass is 16.4. The Kier molecular flexibility index (Phi) is 32.2. The molecular formula is C56H83N13O22. The first-order valence-electron chi connectivity index (χ1n) is 29.0. The second-order valence-electron chi connectivity index (χ2n) is 22.1. The normalized spacial score (nSPS) is 15.6. The summed E-state index contributed by atoms with van der Waals surface area (Å²) < 4.78 is 0. The van der Waals surface area contributed by atoms with Crippen LogP contribution in [-0.4, -0.2) is 211 Å². The maximum atomic E-state index is 14.3. The molecule has 91 heavy (non-hydrogen) atoms. The van der Waals surface area contributed by atoms with Crippen LogP contribution in [-0.2, 0) is 87.9 Å². The van der Waals surface area contributed by atoms with Gasteiger partial charge in [-0.15, -0.1) is 0 Å². The van der Waals surface area contributed by atoms with Crippen molar-refractivity contribution in [3.8, 4) is 5.75 Å². The van der Waals surface area contributed by atoms with Crippen molar-refractivity contribution in [3.63, 3.8) is 0 Å². The van der Waals surface area contributed by atoms with Crippen molar-refractivity contribution in [2.75, 3.05) is 19.7 Å². The Morgan fingerprint density at radius 3 is 1.55 bits per heavy atom. The molecule has 1 aromatic carbocycles. The number of carboxylic acids is 3. The molecule has 35 nitrogen and oxygen atoms in total. The number of amides is 13. The summed E-state index contributed by atoms with van der Waals surface area (Å²) in [5.41, 5.74) is 10.8. The maximum absolute atomic E-state index is 14.3. The molecule has 10 atom stereocenters. The van der Waals surface area contributed by atoms with E-state index in [1.807, 2.05) is 0 Å². The summed E-state index contributed by atoms with van der Waals surface area (Å²) in [6.45, 7) is 6.89. The molecule has 13 amide bonds. The number of ketones is 1. The number of nitrogens with zero attached hydrogens (tertiary/aromatic N) is 1. The summed E-state index contributed by atoms with van der Waals surface area (Å²) in [7, 11) is 0. The summed E-state index contributed by atoms with van der Waals surface area (Å²) in [6, 6.07) is -10.5. The van der Waals surface area contributed by atoms with Gasteiger partial charge in [0.15, 0.2) is 0 Å². The number of phenols is 1. The fourth-order valence-corrected chi connectivity index (χ4v) is 9.13. The number of rotatable bonds is 40. The predicted molar refractivity (Wildman–Crippen MR) is 313 cm³/mol. The number of carbonyl (C=O) groups is 17. The van der Waals surface area contributed by atoms with Gasteiger partial charge in [0.05, 0.1) is 25.6 Å². The molecule has 504 valence electrons. The standard InChI is InChI=1S/C56H83N13O22/c1-7-9-31(62-53(88)38-10-8-21-69(38)56(91)45(27(4)5)68-54(89)44(26(2)3)67-50(85)34(17-20-42(77)78)63-48(83)32(60-28(6)71)16-19-41(75)76)46(81)55(90)59-24-40(74)61-33(15-18-39(57)73)49(84)65-36(23-43(79)80)52(87)64-35(22-29-11-13-30(72)14-12-29)51(86)66-37(25-70)47(58)82/h11-14,26-27,31-38,44-45,70,72H,7-10,15-25H2,1-6H3,(H2,57,73)(H2,58,82)(H,59,90)(H,60,71)(H,61,74)(H,62,88)(H,63,83)(H,64,87)(H,65,84)(H,66,86)(H,67,85)(H,68,89)(H,75,76)(H,77,78)(H,79,80)/t31-,32-,33-,34-,35?,36+,37-,38-,44-,45-/m0/s1. The lowest BCUT2D eigenvalue weighted by atomic mass is 9.98. The number of phenolic OH excluding ortho intramolecular Hbond substituents is 1. The minimum absolute atomic E-state index is 0.0153. The molecule has 1 heterocycles. The number of carboxylic acid groups (broad SMARTS) is 3. The summed E-state index contributed by atoms with van der Waals surface area (Å²) in [5, 5.41) is 70.5. The van der Waals surface area contributed by atoms with Crippen LogP contribution < -0.4 is 64.6 Å². The lowest BCUT2D eigenvalue weighted by molar-refractivity contribution is -0.144. The number of likely N-dealkylation sites (tertiary alicyclic amines) is 1. The van der Waals surface area contributed by atoms with E-state index >= 15 is 0 Å². The Balaban J connectivity index is 2.27. The number of hydrogen-bond acceptors (Lipinski definition) is 19. The number of Topliss-reactive ketones (excluding diaryl/α,β-unsaturated/α-hetero) is 1. The van der Waals surface area contributed by atoms with Crippen LogP contribution in [0.1, 0.15) is 118 Å². The van der Waals surface area contributed by atoms with Gasteiger partial charge < -0.3 is 95.1 Å². The summed E-state index contributed by atoms with van der Waals surface area (Å²) in [4.78, 5) is 222. The van der Waals surface area contributed by atoms with Gasteiger partial charge in [-0.2, -0.15) is 0 Å². The molecule has 1 aliphatic rings. The van der Waals surface area contributed by atoms with Crippen LogP contribution in [0.5, 0.6) is 5.75 Å². The monoisotopic (exact) mass is 1290 g/mol. The van der Waals surface area contributed by atoms with E-state index in [4.69, 9.17) is 16.6 Å². The van der Waals surface area contributed by atoms with Gasteiger partial charge in [-0.3, -0.25) is 81.5 Å². The topological polar surface area (TPSA) is 567 Å². The average Bonchev–Trinajstić information content (AvgIpc) is 1.86. The molecule has 0 spiro atoms. The van der Waals surface area contributed by atoms with Gasteiger partial charge in [-0.25, -0.2) is 0 Å². The Morgan fingerprint density at radius 1 is 0.560 bits per heavy atom. The summed E-state index contributed by atoms with van der Waals surface area (Å²) >= 11 is 0. The lowest BCUT2D eigenvalue weighted by Gasteiger charge is -2.33. The number of nitrogens with two attached hydrogens (primary N) is 2. The van der Waals surface area contributed by atoms with E-state index in [1.165, 1.54) is 38.1 Å². The zero-order chi connectivity index (χ0) is 69.0. The molecule has 0 radical (unpaired) electrons. The van der Waals surface area contributed by atoms with Crippen LogP contribution in [0, 0.1) is 11.8 Å². The van der Waals surface area contributed by atoms with Crippen molar-refractivity contribution in [1.82, 2.24) is 58.1 Å². The number of benzene rings is 1. The van der Waals surface area contributed by atoms with Crippen molar-refractivity contribution in [2.45, 2.75) is 179 Å². The second-order valence-corrected chi connectivity index (χ2v) is 22.1. The van der Waals surface area contributed by atoms with E-state index in [1.54, 1.807) is 20.8 Å². The van der Waals surface area contributed by atoms with Gasteiger partial charge in [0, 0.05) is 39.2 Å². The quantitative estimate of drug-likeness (QED) is 0.0272. The summed E-state index contributed by atoms with van der Waals surface area (Å²) in [5.74, 6) is -20.8. The van der Waals surface area contributed by atoms with E-state index in [0.717, 1.165) is 11.8 Å². The molecule has 0 aromatic heterocycles. The summed E-state index contributed by atoms with van der Waals surface area (Å²) in [6.07, 6.45) is -4.37. The number of hydrogen-bond donors (Lipinski definition) is 17.